The molecule has 1 atom stereocenters. The van der Waals surface area contributed by atoms with E-state index in [-0.39, 0.29) is 17.8 Å². The van der Waals surface area contributed by atoms with Gasteiger partial charge in [-0.2, -0.15) is 0 Å². The highest BCUT2D eigenvalue weighted by Gasteiger charge is 2.26. The van der Waals surface area contributed by atoms with Crippen molar-refractivity contribution in [3.05, 3.63) is 70.5 Å². The minimum absolute atomic E-state index is 0.00203. The van der Waals surface area contributed by atoms with Gasteiger partial charge in [0.2, 0.25) is 5.91 Å². The number of hydrogen-bond donors (Lipinski definition) is 0. The summed E-state index contributed by atoms with van der Waals surface area (Å²) in [4.78, 5) is 19.5. The van der Waals surface area contributed by atoms with Crippen molar-refractivity contribution < 1.29 is 14.0 Å². The summed E-state index contributed by atoms with van der Waals surface area (Å²) < 4.78 is 13.4. The number of amides is 1. The predicted molar refractivity (Wildman–Crippen MR) is 99.6 cm³/mol. The molecule has 0 bridgehead atoms. The lowest BCUT2D eigenvalue weighted by molar-refractivity contribution is -0.133. The first kappa shape index (κ1) is 18.4. The summed E-state index contributed by atoms with van der Waals surface area (Å²) >= 11 is 5.91. The Hall–Kier alpha value is -2.40. The zero-order valence-electron chi connectivity index (χ0n) is 14.5. The Morgan fingerprint density at radius 3 is 2.77 bits per heavy atom. The van der Waals surface area contributed by atoms with Gasteiger partial charge in [0, 0.05) is 24.4 Å². The quantitative estimate of drug-likeness (QED) is 0.751. The third kappa shape index (κ3) is 4.61. The fourth-order valence-corrected chi connectivity index (χ4v) is 3.04. The molecule has 4 nitrogen and oxygen atoms in total. The molecule has 0 radical (unpaired) electrons. The van der Waals surface area contributed by atoms with Crippen molar-refractivity contribution in [1.29, 1.82) is 0 Å². The molecule has 0 spiro atoms. The van der Waals surface area contributed by atoms with Crippen LogP contribution < -0.4 is 0 Å². The third-order valence-corrected chi connectivity index (χ3v) is 4.50. The molecule has 26 heavy (non-hydrogen) atoms. The van der Waals surface area contributed by atoms with Gasteiger partial charge in [-0.15, -0.1) is 0 Å². The molecule has 6 heteroatoms. The highest BCUT2D eigenvalue weighted by atomic mass is 35.5. The molecule has 0 saturated heterocycles. The number of carbonyl (C=O) groups excluding carboxylic acids is 1. The van der Waals surface area contributed by atoms with Crippen molar-refractivity contribution >= 4 is 23.2 Å². The lowest BCUT2D eigenvalue weighted by atomic mass is 10.0. The molecular weight excluding hydrogens is 355 g/mol. The lowest BCUT2D eigenvalue weighted by Crippen LogP contribution is -2.36. The standard InChI is InChI=1S/C20H20ClFN2O2/c1-2-20(25)24(12-14-4-3-5-17(22)10-14)13-18-11-19(23-26-18)15-6-8-16(21)9-7-15/h3-10,18H,2,11-13H2,1H3/t18-/m0/s1. The second kappa shape index (κ2) is 8.32. The normalized spacial score (nSPS) is 16.1. The topological polar surface area (TPSA) is 41.9 Å². The van der Waals surface area contributed by atoms with Gasteiger partial charge in [0.25, 0.3) is 0 Å². The number of rotatable bonds is 6. The molecule has 0 saturated carbocycles. The molecule has 0 unspecified atom stereocenters. The number of carbonyl (C=O) groups is 1. The zero-order valence-corrected chi connectivity index (χ0v) is 15.2. The fraction of sp³-hybridized carbons (Fsp3) is 0.300. The Morgan fingerprint density at radius 1 is 1.31 bits per heavy atom. The van der Waals surface area contributed by atoms with Gasteiger partial charge in [-0.1, -0.05) is 47.9 Å². The highest BCUT2D eigenvalue weighted by Crippen LogP contribution is 2.20. The van der Waals surface area contributed by atoms with Crippen LogP contribution in [0, 0.1) is 5.82 Å². The summed E-state index contributed by atoms with van der Waals surface area (Å²) in [6.45, 7) is 2.57. The van der Waals surface area contributed by atoms with Crippen LogP contribution in [0.5, 0.6) is 0 Å². The Labute approximate surface area is 157 Å². The minimum Gasteiger partial charge on any atom is -0.390 e. The van der Waals surface area contributed by atoms with Crippen LogP contribution >= 0.6 is 11.6 Å². The molecule has 1 amide bonds. The van der Waals surface area contributed by atoms with E-state index in [4.69, 9.17) is 16.4 Å². The summed E-state index contributed by atoms with van der Waals surface area (Å²) in [7, 11) is 0. The molecule has 2 aromatic rings. The first-order valence-electron chi connectivity index (χ1n) is 8.56. The Bertz CT molecular complexity index is 808. The Kier molecular flexibility index (Phi) is 5.89. The van der Waals surface area contributed by atoms with E-state index in [1.54, 1.807) is 11.0 Å². The zero-order chi connectivity index (χ0) is 18.5. The van der Waals surface area contributed by atoms with Crippen LogP contribution in [0.1, 0.15) is 30.9 Å². The second-order valence-corrected chi connectivity index (χ2v) is 6.67. The molecule has 2 aromatic carbocycles. The average Bonchev–Trinajstić information content (AvgIpc) is 3.10. The van der Waals surface area contributed by atoms with Crippen LogP contribution in [0.25, 0.3) is 0 Å². The second-order valence-electron chi connectivity index (χ2n) is 6.23. The van der Waals surface area contributed by atoms with Crippen LogP contribution in [0.15, 0.2) is 53.7 Å². The first-order chi connectivity index (χ1) is 12.5. The molecule has 3 rings (SSSR count). The number of nitrogens with zero attached hydrogens (tertiary/aromatic N) is 2. The van der Waals surface area contributed by atoms with Gasteiger partial charge >= 0.3 is 0 Å². The number of halogens is 2. The van der Waals surface area contributed by atoms with Crippen LogP contribution in [-0.2, 0) is 16.2 Å². The summed E-state index contributed by atoms with van der Waals surface area (Å²) in [5.41, 5.74) is 2.54. The van der Waals surface area contributed by atoms with Crippen LogP contribution in [0.4, 0.5) is 4.39 Å². The molecule has 0 fully saturated rings. The van der Waals surface area contributed by atoms with Gasteiger partial charge in [-0.05, 0) is 35.4 Å². The number of hydrogen-bond acceptors (Lipinski definition) is 3. The van der Waals surface area contributed by atoms with Crippen molar-refractivity contribution in [2.45, 2.75) is 32.4 Å². The monoisotopic (exact) mass is 374 g/mol. The lowest BCUT2D eigenvalue weighted by Gasteiger charge is -2.24. The molecule has 1 aliphatic heterocycles. The van der Waals surface area contributed by atoms with Gasteiger partial charge < -0.3 is 9.74 Å². The van der Waals surface area contributed by atoms with Crippen LogP contribution in [-0.4, -0.2) is 29.2 Å². The first-order valence-corrected chi connectivity index (χ1v) is 8.93. The maximum absolute atomic E-state index is 13.4. The molecule has 1 aliphatic rings. The van der Waals surface area contributed by atoms with E-state index in [0.29, 0.717) is 31.0 Å². The van der Waals surface area contributed by atoms with E-state index in [0.717, 1.165) is 16.8 Å². The maximum Gasteiger partial charge on any atom is 0.222 e. The number of benzene rings is 2. The number of oxime groups is 1. The molecular formula is C20H20ClFN2O2. The summed E-state index contributed by atoms with van der Waals surface area (Å²) in [5, 5.41) is 4.82. The smallest absolute Gasteiger partial charge is 0.222 e. The van der Waals surface area contributed by atoms with Crippen molar-refractivity contribution in [3.63, 3.8) is 0 Å². The van der Waals surface area contributed by atoms with Gasteiger partial charge in [-0.3, -0.25) is 4.79 Å². The average molecular weight is 375 g/mol. The van der Waals surface area contributed by atoms with Gasteiger partial charge in [0.15, 0.2) is 6.10 Å². The maximum atomic E-state index is 13.4. The van der Waals surface area contributed by atoms with E-state index in [2.05, 4.69) is 5.16 Å². The SMILES string of the molecule is CCC(=O)N(Cc1cccc(F)c1)C[C@@H]1CC(c2ccc(Cl)cc2)=NO1. The Morgan fingerprint density at radius 2 is 2.08 bits per heavy atom. The predicted octanol–water partition coefficient (Wildman–Crippen LogP) is 4.41. The molecule has 0 aromatic heterocycles. The molecule has 0 aliphatic carbocycles. The van der Waals surface area contributed by atoms with Crippen molar-refractivity contribution in [3.8, 4) is 0 Å². The minimum atomic E-state index is -0.308. The molecule has 1 heterocycles. The van der Waals surface area contributed by atoms with Crippen LogP contribution in [0.3, 0.4) is 0 Å². The summed E-state index contributed by atoms with van der Waals surface area (Å²) in [6, 6.07) is 13.7. The van der Waals surface area contributed by atoms with E-state index in [9.17, 15) is 9.18 Å². The summed E-state index contributed by atoms with van der Waals surface area (Å²) in [5.74, 6) is -0.310. The van der Waals surface area contributed by atoms with Crippen molar-refractivity contribution in [2.75, 3.05) is 6.54 Å². The summed E-state index contributed by atoms with van der Waals surface area (Å²) in [6.07, 6.45) is 0.773. The fourth-order valence-electron chi connectivity index (χ4n) is 2.92. The van der Waals surface area contributed by atoms with Gasteiger partial charge in [0.05, 0.1) is 12.3 Å². The molecule has 136 valence electrons. The largest absolute Gasteiger partial charge is 0.390 e. The van der Waals surface area contributed by atoms with E-state index >= 15 is 0 Å². The highest BCUT2D eigenvalue weighted by molar-refractivity contribution is 6.30. The van der Waals surface area contributed by atoms with E-state index < -0.39 is 0 Å². The third-order valence-electron chi connectivity index (χ3n) is 4.25. The van der Waals surface area contributed by atoms with Gasteiger partial charge in [-0.25, -0.2) is 4.39 Å². The van der Waals surface area contributed by atoms with Crippen LogP contribution in [0.2, 0.25) is 5.02 Å². The van der Waals surface area contributed by atoms with E-state index in [1.807, 2.05) is 37.3 Å². The van der Waals surface area contributed by atoms with Crippen molar-refractivity contribution in [2.24, 2.45) is 5.16 Å². The molecule has 0 N–H and O–H groups in total. The Balaban J connectivity index is 1.65. The van der Waals surface area contributed by atoms with Gasteiger partial charge in [0.1, 0.15) is 5.82 Å². The van der Waals surface area contributed by atoms with E-state index in [1.165, 1.54) is 12.1 Å². The van der Waals surface area contributed by atoms with Crippen molar-refractivity contribution in [1.82, 2.24) is 4.90 Å².